The standard InChI is InChI=1S/C11H14I/c1-9(2)6-10-4-3-5-11(7-10)8-12/h3-5,7-9H,6H2,1-2H3. The van der Waals surface area contributed by atoms with Crippen LogP contribution in [0.2, 0.25) is 0 Å². The van der Waals surface area contributed by atoms with Gasteiger partial charge in [-0.15, -0.1) is 0 Å². The van der Waals surface area contributed by atoms with E-state index in [0.29, 0.717) is 0 Å². The third-order valence-electron chi connectivity index (χ3n) is 1.72. The molecule has 0 saturated heterocycles. The van der Waals surface area contributed by atoms with Gasteiger partial charge in [0.2, 0.25) is 0 Å². The number of hydrogen-bond acceptors (Lipinski definition) is 0. The zero-order valence-electron chi connectivity index (χ0n) is 7.55. The lowest BCUT2D eigenvalue weighted by Crippen LogP contribution is -1.93. The fourth-order valence-corrected chi connectivity index (χ4v) is 1.65. The quantitative estimate of drug-likeness (QED) is 0.734. The Bertz CT molecular complexity index is 241. The van der Waals surface area contributed by atoms with Gasteiger partial charge in [0.15, 0.2) is 0 Å². The van der Waals surface area contributed by atoms with E-state index in [1.165, 1.54) is 17.5 Å². The maximum atomic E-state index is 2.28. The van der Waals surface area contributed by atoms with Gasteiger partial charge in [-0.05, 0) is 23.5 Å². The average molecular weight is 273 g/mol. The van der Waals surface area contributed by atoms with E-state index < -0.39 is 0 Å². The van der Waals surface area contributed by atoms with Crippen molar-refractivity contribution in [1.29, 1.82) is 0 Å². The summed E-state index contributed by atoms with van der Waals surface area (Å²) in [6, 6.07) is 8.72. The number of benzene rings is 1. The van der Waals surface area contributed by atoms with E-state index in [2.05, 4.69) is 65.1 Å². The van der Waals surface area contributed by atoms with Crippen LogP contribution in [-0.2, 0) is 6.42 Å². The third-order valence-corrected chi connectivity index (χ3v) is 2.44. The molecule has 65 valence electrons. The van der Waals surface area contributed by atoms with Crippen molar-refractivity contribution in [3.8, 4) is 0 Å². The van der Waals surface area contributed by atoms with Crippen LogP contribution < -0.4 is 0 Å². The second-order valence-electron chi connectivity index (χ2n) is 3.45. The van der Waals surface area contributed by atoms with Gasteiger partial charge >= 0.3 is 0 Å². The number of hydrogen-bond donors (Lipinski definition) is 0. The summed E-state index contributed by atoms with van der Waals surface area (Å²) in [6.45, 7) is 4.50. The molecule has 1 radical (unpaired) electrons. The molecule has 0 heterocycles. The minimum Gasteiger partial charge on any atom is -0.0759 e. The van der Waals surface area contributed by atoms with Crippen molar-refractivity contribution in [1.82, 2.24) is 0 Å². The first kappa shape index (κ1) is 10.0. The molecule has 0 N–H and O–H groups in total. The largest absolute Gasteiger partial charge is 0.0759 e. The van der Waals surface area contributed by atoms with Crippen LogP contribution in [0.1, 0.15) is 25.0 Å². The first-order chi connectivity index (χ1) is 5.72. The second-order valence-corrected chi connectivity index (χ2v) is 4.07. The fourth-order valence-electron chi connectivity index (χ4n) is 1.26. The predicted octanol–water partition coefficient (Wildman–Crippen LogP) is 3.83. The highest BCUT2D eigenvalue weighted by Gasteiger charge is 1.98. The predicted molar refractivity (Wildman–Crippen MR) is 62.4 cm³/mol. The van der Waals surface area contributed by atoms with Gasteiger partial charge in [0.1, 0.15) is 0 Å². The van der Waals surface area contributed by atoms with Crippen LogP contribution in [0.25, 0.3) is 0 Å². The molecule has 0 aliphatic rings. The molecule has 1 aromatic carbocycles. The Hall–Kier alpha value is -0.0500. The van der Waals surface area contributed by atoms with Gasteiger partial charge in [0.05, 0.1) is 4.43 Å². The summed E-state index contributed by atoms with van der Waals surface area (Å²) in [5.41, 5.74) is 2.75. The van der Waals surface area contributed by atoms with Crippen LogP contribution in [0.4, 0.5) is 0 Å². The minimum atomic E-state index is 0.745. The molecule has 12 heavy (non-hydrogen) atoms. The van der Waals surface area contributed by atoms with Crippen LogP contribution in [-0.4, -0.2) is 0 Å². The summed E-state index contributed by atoms with van der Waals surface area (Å²) >= 11 is 2.28. The molecule has 1 aromatic rings. The van der Waals surface area contributed by atoms with Crippen molar-refractivity contribution in [3.05, 3.63) is 39.8 Å². The van der Waals surface area contributed by atoms with Crippen molar-refractivity contribution in [2.24, 2.45) is 5.92 Å². The Labute approximate surface area is 88.5 Å². The van der Waals surface area contributed by atoms with Gasteiger partial charge in [-0.25, -0.2) is 0 Å². The maximum absolute atomic E-state index is 2.28. The van der Waals surface area contributed by atoms with Crippen molar-refractivity contribution in [2.75, 3.05) is 0 Å². The Morgan fingerprint density at radius 2 is 2.17 bits per heavy atom. The lowest BCUT2D eigenvalue weighted by molar-refractivity contribution is 0.647. The van der Waals surface area contributed by atoms with E-state index in [1.807, 2.05) is 0 Å². The van der Waals surface area contributed by atoms with Crippen molar-refractivity contribution in [3.63, 3.8) is 0 Å². The molecule has 0 aliphatic carbocycles. The third kappa shape index (κ3) is 3.13. The van der Waals surface area contributed by atoms with Gasteiger partial charge in [-0.1, -0.05) is 60.7 Å². The molecular formula is C11H14I. The summed E-state index contributed by atoms with van der Waals surface area (Å²) in [5, 5.41) is 0. The zero-order chi connectivity index (χ0) is 8.97. The van der Waals surface area contributed by atoms with Gasteiger partial charge in [0.25, 0.3) is 0 Å². The monoisotopic (exact) mass is 273 g/mol. The molecule has 0 amide bonds. The van der Waals surface area contributed by atoms with E-state index in [4.69, 9.17) is 0 Å². The smallest absolute Gasteiger partial charge is 0.0518 e. The van der Waals surface area contributed by atoms with Gasteiger partial charge in [-0.2, -0.15) is 0 Å². The zero-order valence-corrected chi connectivity index (χ0v) is 9.71. The van der Waals surface area contributed by atoms with Crippen molar-refractivity contribution in [2.45, 2.75) is 20.3 Å². The topological polar surface area (TPSA) is 0 Å². The summed E-state index contributed by atoms with van der Waals surface area (Å²) < 4.78 is 2.11. The van der Waals surface area contributed by atoms with Crippen LogP contribution in [0.15, 0.2) is 24.3 Å². The molecule has 0 saturated carbocycles. The first-order valence-corrected chi connectivity index (χ1v) is 5.49. The minimum absolute atomic E-state index is 0.745. The highest BCUT2D eigenvalue weighted by Crippen LogP contribution is 2.13. The molecule has 0 unspecified atom stereocenters. The van der Waals surface area contributed by atoms with E-state index in [9.17, 15) is 0 Å². The Balaban J connectivity index is 2.72. The van der Waals surface area contributed by atoms with Crippen molar-refractivity contribution >= 4 is 22.6 Å². The van der Waals surface area contributed by atoms with Crippen LogP contribution >= 0.6 is 22.6 Å². The summed E-state index contributed by atoms with van der Waals surface area (Å²) in [7, 11) is 0. The molecule has 1 rings (SSSR count). The number of rotatable bonds is 3. The Morgan fingerprint density at radius 3 is 2.75 bits per heavy atom. The molecule has 0 aliphatic heterocycles. The highest BCUT2D eigenvalue weighted by molar-refractivity contribution is 14.1. The Morgan fingerprint density at radius 1 is 1.42 bits per heavy atom. The summed E-state index contributed by atoms with van der Waals surface area (Å²) in [6.07, 6.45) is 1.18. The van der Waals surface area contributed by atoms with Crippen LogP contribution in [0.3, 0.4) is 0 Å². The first-order valence-electron chi connectivity index (χ1n) is 4.24. The normalized spacial score (nSPS) is 10.7. The molecule has 0 nitrogen and oxygen atoms in total. The molecular weight excluding hydrogens is 259 g/mol. The molecule has 1 heteroatoms. The van der Waals surface area contributed by atoms with Gasteiger partial charge < -0.3 is 0 Å². The lowest BCUT2D eigenvalue weighted by Gasteiger charge is -2.05. The van der Waals surface area contributed by atoms with Gasteiger partial charge in [0, 0.05) is 0 Å². The van der Waals surface area contributed by atoms with Crippen LogP contribution in [0.5, 0.6) is 0 Å². The second kappa shape index (κ2) is 4.85. The van der Waals surface area contributed by atoms with E-state index in [-0.39, 0.29) is 0 Å². The lowest BCUT2D eigenvalue weighted by atomic mass is 10.0. The average Bonchev–Trinajstić information content (AvgIpc) is 2.03. The number of halogens is 1. The fraction of sp³-hybridized carbons (Fsp3) is 0.364. The SMILES string of the molecule is CC(C)Cc1cccc([CH]I)c1. The molecule has 0 bridgehead atoms. The van der Waals surface area contributed by atoms with E-state index in [1.54, 1.807) is 0 Å². The molecule has 0 fully saturated rings. The summed E-state index contributed by atoms with van der Waals surface area (Å²) in [5.74, 6) is 0.745. The Kier molecular flexibility index (Phi) is 4.06. The van der Waals surface area contributed by atoms with E-state index in [0.717, 1.165) is 5.92 Å². The molecule has 0 aromatic heterocycles. The van der Waals surface area contributed by atoms with Crippen LogP contribution in [0, 0.1) is 10.3 Å². The van der Waals surface area contributed by atoms with Crippen molar-refractivity contribution < 1.29 is 0 Å². The van der Waals surface area contributed by atoms with Gasteiger partial charge in [-0.3, -0.25) is 0 Å². The molecule has 0 spiro atoms. The summed E-state index contributed by atoms with van der Waals surface area (Å²) in [4.78, 5) is 0. The maximum Gasteiger partial charge on any atom is 0.0518 e. The van der Waals surface area contributed by atoms with E-state index >= 15 is 0 Å². The highest BCUT2D eigenvalue weighted by atomic mass is 127. The molecule has 0 atom stereocenters.